The van der Waals surface area contributed by atoms with Crippen LogP contribution in [0.15, 0.2) is 6.07 Å². The first-order valence-corrected chi connectivity index (χ1v) is 7.63. The number of aromatic nitrogens is 2. The topological polar surface area (TPSA) is 101 Å². The Morgan fingerprint density at radius 1 is 1.32 bits per heavy atom. The molecule has 4 N–H and O–H groups in total. The molecule has 1 aromatic rings. The summed E-state index contributed by atoms with van der Waals surface area (Å²) in [5, 5.41) is 0. The molecule has 122 valence electrons. The maximum absolute atomic E-state index is 11.5. The van der Waals surface area contributed by atoms with Crippen molar-refractivity contribution in [3.05, 3.63) is 11.8 Å². The minimum Gasteiger partial charge on any atom is -0.368 e. The third-order valence-electron chi connectivity index (χ3n) is 4.18. The van der Waals surface area contributed by atoms with Gasteiger partial charge in [0.1, 0.15) is 5.82 Å². The standard InChI is InChI=1S/C15H26N6O/c1-10(2)11-9-12(19-14(18-11)20(3)4)21-7-5-15(17,6-8-21)13(16)22/h9-10H,5-8,17H2,1-4H3,(H2,16,22). The van der Waals surface area contributed by atoms with Gasteiger partial charge >= 0.3 is 0 Å². The van der Waals surface area contributed by atoms with E-state index in [-0.39, 0.29) is 0 Å². The molecule has 0 radical (unpaired) electrons. The molecule has 7 nitrogen and oxygen atoms in total. The number of amides is 1. The zero-order valence-electron chi connectivity index (χ0n) is 13.8. The number of hydrogen-bond acceptors (Lipinski definition) is 6. The van der Waals surface area contributed by atoms with Gasteiger partial charge in [-0.15, -0.1) is 0 Å². The summed E-state index contributed by atoms with van der Waals surface area (Å²) in [4.78, 5) is 24.7. The minimum absolute atomic E-state index is 0.324. The van der Waals surface area contributed by atoms with Gasteiger partial charge in [0.15, 0.2) is 0 Å². The van der Waals surface area contributed by atoms with Crippen LogP contribution in [-0.2, 0) is 4.79 Å². The Morgan fingerprint density at radius 3 is 2.36 bits per heavy atom. The van der Waals surface area contributed by atoms with E-state index in [2.05, 4.69) is 28.7 Å². The number of anilines is 2. The second kappa shape index (κ2) is 6.08. The van der Waals surface area contributed by atoms with Crippen molar-refractivity contribution in [1.29, 1.82) is 0 Å². The second-order valence-corrected chi connectivity index (χ2v) is 6.51. The Hall–Kier alpha value is -1.89. The van der Waals surface area contributed by atoms with Crippen LogP contribution in [0.2, 0.25) is 0 Å². The van der Waals surface area contributed by atoms with Gasteiger partial charge in [0.25, 0.3) is 0 Å². The molecule has 1 saturated heterocycles. The maximum atomic E-state index is 11.5. The average molecular weight is 306 g/mol. The van der Waals surface area contributed by atoms with Gasteiger partial charge in [-0.05, 0) is 18.8 Å². The van der Waals surface area contributed by atoms with E-state index in [9.17, 15) is 4.79 Å². The van der Waals surface area contributed by atoms with Crippen LogP contribution in [0.1, 0.15) is 38.3 Å². The fourth-order valence-electron chi connectivity index (χ4n) is 2.48. The van der Waals surface area contributed by atoms with Crippen molar-refractivity contribution < 1.29 is 4.79 Å². The Bertz CT molecular complexity index is 523. The quantitative estimate of drug-likeness (QED) is 0.837. The normalized spacial score (nSPS) is 17.6. The second-order valence-electron chi connectivity index (χ2n) is 6.51. The maximum Gasteiger partial charge on any atom is 0.237 e. The molecule has 1 aromatic heterocycles. The van der Waals surface area contributed by atoms with E-state index in [1.165, 1.54) is 0 Å². The summed E-state index contributed by atoms with van der Waals surface area (Å²) in [7, 11) is 3.86. The molecule has 0 bridgehead atoms. The van der Waals surface area contributed by atoms with Crippen LogP contribution >= 0.6 is 0 Å². The zero-order valence-corrected chi connectivity index (χ0v) is 13.8. The molecule has 0 saturated carbocycles. The highest BCUT2D eigenvalue weighted by Gasteiger charge is 2.36. The third-order valence-corrected chi connectivity index (χ3v) is 4.18. The predicted molar refractivity (Wildman–Crippen MR) is 88.0 cm³/mol. The third kappa shape index (κ3) is 3.30. The highest BCUT2D eigenvalue weighted by Crippen LogP contribution is 2.26. The van der Waals surface area contributed by atoms with Crippen LogP contribution < -0.4 is 21.3 Å². The molecule has 0 aliphatic carbocycles. The predicted octanol–water partition coefficient (Wildman–Crippen LogP) is 0.449. The molecule has 2 rings (SSSR count). The average Bonchev–Trinajstić information content (AvgIpc) is 2.47. The van der Waals surface area contributed by atoms with E-state index < -0.39 is 11.4 Å². The highest BCUT2D eigenvalue weighted by atomic mass is 16.1. The van der Waals surface area contributed by atoms with Gasteiger partial charge in [0.05, 0.1) is 11.2 Å². The molecule has 1 aliphatic heterocycles. The molecule has 1 amide bonds. The van der Waals surface area contributed by atoms with E-state index in [1.807, 2.05) is 25.1 Å². The van der Waals surface area contributed by atoms with Crippen molar-refractivity contribution in [2.75, 3.05) is 37.0 Å². The van der Waals surface area contributed by atoms with Crippen molar-refractivity contribution in [2.45, 2.75) is 38.1 Å². The van der Waals surface area contributed by atoms with E-state index >= 15 is 0 Å². The van der Waals surface area contributed by atoms with Crippen molar-refractivity contribution in [3.8, 4) is 0 Å². The summed E-state index contributed by atoms with van der Waals surface area (Å²) in [6.45, 7) is 5.56. The lowest BCUT2D eigenvalue weighted by atomic mass is 9.88. The number of nitrogens with two attached hydrogens (primary N) is 2. The number of piperidine rings is 1. The summed E-state index contributed by atoms with van der Waals surface area (Å²) in [5.41, 5.74) is 11.6. The molecule has 1 fully saturated rings. The highest BCUT2D eigenvalue weighted by molar-refractivity contribution is 5.84. The first-order valence-electron chi connectivity index (χ1n) is 7.63. The molecule has 7 heteroatoms. The number of carbonyl (C=O) groups is 1. The monoisotopic (exact) mass is 306 g/mol. The minimum atomic E-state index is -0.894. The largest absolute Gasteiger partial charge is 0.368 e. The molecule has 0 atom stereocenters. The number of nitrogens with zero attached hydrogens (tertiary/aromatic N) is 4. The molecule has 1 aliphatic rings. The van der Waals surface area contributed by atoms with Crippen LogP contribution in [0, 0.1) is 0 Å². The van der Waals surface area contributed by atoms with Crippen molar-refractivity contribution >= 4 is 17.7 Å². The van der Waals surface area contributed by atoms with Crippen molar-refractivity contribution in [2.24, 2.45) is 11.5 Å². The lowest BCUT2D eigenvalue weighted by Crippen LogP contribution is -2.58. The molecular formula is C15H26N6O. The smallest absolute Gasteiger partial charge is 0.237 e. The van der Waals surface area contributed by atoms with E-state index in [0.29, 0.717) is 37.8 Å². The molecular weight excluding hydrogens is 280 g/mol. The number of primary amides is 1. The first-order chi connectivity index (χ1) is 10.2. The summed E-state index contributed by atoms with van der Waals surface area (Å²) < 4.78 is 0. The molecule has 0 unspecified atom stereocenters. The van der Waals surface area contributed by atoms with Gasteiger partial charge in [0, 0.05) is 33.3 Å². The van der Waals surface area contributed by atoms with Gasteiger partial charge in [-0.1, -0.05) is 13.8 Å². The van der Waals surface area contributed by atoms with Crippen molar-refractivity contribution in [3.63, 3.8) is 0 Å². The summed E-state index contributed by atoms with van der Waals surface area (Å²) >= 11 is 0. The van der Waals surface area contributed by atoms with Gasteiger partial charge in [0.2, 0.25) is 11.9 Å². The summed E-state index contributed by atoms with van der Waals surface area (Å²) in [6, 6.07) is 2.02. The molecule has 0 aromatic carbocycles. The Labute approximate surface area is 131 Å². The van der Waals surface area contributed by atoms with E-state index in [4.69, 9.17) is 11.5 Å². The number of carbonyl (C=O) groups excluding carboxylic acids is 1. The number of hydrogen-bond donors (Lipinski definition) is 2. The number of rotatable bonds is 4. The van der Waals surface area contributed by atoms with Gasteiger partial charge < -0.3 is 21.3 Å². The van der Waals surface area contributed by atoms with Crippen LogP contribution in [-0.4, -0.2) is 48.6 Å². The van der Waals surface area contributed by atoms with E-state index in [0.717, 1.165) is 11.5 Å². The Balaban J connectivity index is 2.24. The summed E-state index contributed by atoms with van der Waals surface area (Å²) in [5.74, 6) is 1.48. The van der Waals surface area contributed by atoms with Crippen LogP contribution in [0.5, 0.6) is 0 Å². The Morgan fingerprint density at radius 2 is 1.91 bits per heavy atom. The fourth-order valence-corrected chi connectivity index (χ4v) is 2.48. The van der Waals surface area contributed by atoms with Gasteiger partial charge in [-0.2, -0.15) is 4.98 Å². The fraction of sp³-hybridized carbons (Fsp3) is 0.667. The van der Waals surface area contributed by atoms with Crippen LogP contribution in [0.4, 0.5) is 11.8 Å². The van der Waals surface area contributed by atoms with E-state index in [1.54, 1.807) is 0 Å². The van der Waals surface area contributed by atoms with Crippen LogP contribution in [0.25, 0.3) is 0 Å². The van der Waals surface area contributed by atoms with Crippen molar-refractivity contribution in [1.82, 2.24) is 9.97 Å². The SMILES string of the molecule is CC(C)c1cc(N2CCC(N)(C(N)=O)CC2)nc(N(C)C)n1. The zero-order chi connectivity index (χ0) is 16.5. The van der Waals surface area contributed by atoms with Gasteiger partial charge in [-0.25, -0.2) is 4.98 Å². The molecule has 0 spiro atoms. The summed E-state index contributed by atoms with van der Waals surface area (Å²) in [6.07, 6.45) is 1.08. The Kier molecular flexibility index (Phi) is 4.55. The molecule has 2 heterocycles. The first kappa shape index (κ1) is 16.5. The van der Waals surface area contributed by atoms with Gasteiger partial charge in [-0.3, -0.25) is 4.79 Å². The van der Waals surface area contributed by atoms with Crippen LogP contribution in [0.3, 0.4) is 0 Å². The lowest BCUT2D eigenvalue weighted by Gasteiger charge is -2.37. The lowest BCUT2D eigenvalue weighted by molar-refractivity contribution is -0.123. The molecule has 22 heavy (non-hydrogen) atoms.